The predicted molar refractivity (Wildman–Crippen MR) is 121 cm³/mol. The van der Waals surface area contributed by atoms with Gasteiger partial charge in [-0.25, -0.2) is 0 Å². The Balaban J connectivity index is 1.54. The number of fused-ring (bicyclic) bond motifs is 3. The average Bonchev–Trinajstić information content (AvgIpc) is 3.00. The first-order valence-corrected chi connectivity index (χ1v) is 10.8. The van der Waals surface area contributed by atoms with Crippen LogP contribution >= 0.6 is 0 Å². The van der Waals surface area contributed by atoms with Gasteiger partial charge in [0.15, 0.2) is 6.73 Å². The second-order valence-electron chi connectivity index (χ2n) is 8.50. The molecule has 31 heavy (non-hydrogen) atoms. The molecule has 1 amide bonds. The number of nitrogens with one attached hydrogen (secondary N) is 1. The number of amides is 1. The first-order chi connectivity index (χ1) is 15.1. The van der Waals surface area contributed by atoms with Crippen molar-refractivity contribution in [3.63, 3.8) is 0 Å². The minimum Gasteiger partial charge on any atom is -0.444 e. The Hall–Kier alpha value is -3.18. The second kappa shape index (κ2) is 7.82. The topological polar surface area (TPSA) is 58.6 Å². The highest BCUT2D eigenvalue weighted by Crippen LogP contribution is 2.47. The molecule has 2 aliphatic rings. The summed E-state index contributed by atoms with van der Waals surface area (Å²) in [5, 5.41) is 5.86. The van der Waals surface area contributed by atoms with Gasteiger partial charge in [-0.3, -0.25) is 14.5 Å². The van der Waals surface area contributed by atoms with Crippen molar-refractivity contribution in [1.82, 2.24) is 5.32 Å². The number of benzene rings is 3. The normalized spacial score (nSPS) is 17.2. The van der Waals surface area contributed by atoms with Gasteiger partial charge >= 0.3 is 5.97 Å². The van der Waals surface area contributed by atoms with E-state index in [9.17, 15) is 9.59 Å². The number of ether oxygens (including phenoxy) is 1. The van der Waals surface area contributed by atoms with Crippen LogP contribution in [0.25, 0.3) is 10.8 Å². The molecule has 158 valence electrons. The summed E-state index contributed by atoms with van der Waals surface area (Å²) >= 11 is 0. The van der Waals surface area contributed by atoms with Gasteiger partial charge in [-0.2, -0.15) is 0 Å². The summed E-state index contributed by atoms with van der Waals surface area (Å²) in [5.74, 6) is -0.333. The van der Waals surface area contributed by atoms with Crippen LogP contribution in [0.1, 0.15) is 36.5 Å². The maximum Gasteiger partial charge on any atom is 0.304 e. The number of hydrogen-bond acceptors (Lipinski definition) is 4. The third kappa shape index (κ3) is 3.39. The van der Waals surface area contributed by atoms with Crippen molar-refractivity contribution in [3.8, 4) is 0 Å². The van der Waals surface area contributed by atoms with E-state index in [1.54, 1.807) is 4.90 Å². The lowest BCUT2D eigenvalue weighted by molar-refractivity contribution is -0.141. The highest BCUT2D eigenvalue weighted by Gasteiger charge is 2.51. The maximum atomic E-state index is 13.5. The zero-order chi connectivity index (χ0) is 21.4. The lowest BCUT2D eigenvalue weighted by atomic mass is 9.73. The fourth-order valence-corrected chi connectivity index (χ4v) is 5.08. The van der Waals surface area contributed by atoms with Crippen LogP contribution < -0.4 is 10.2 Å². The number of esters is 1. The molecule has 5 rings (SSSR count). The van der Waals surface area contributed by atoms with Gasteiger partial charge in [-0.05, 0) is 65.9 Å². The van der Waals surface area contributed by atoms with E-state index in [4.69, 9.17) is 4.74 Å². The molecule has 1 saturated heterocycles. The molecular weight excluding hydrogens is 388 g/mol. The molecule has 1 N–H and O–H groups in total. The van der Waals surface area contributed by atoms with Crippen LogP contribution in [0.4, 0.5) is 5.69 Å². The largest absolute Gasteiger partial charge is 0.444 e. The number of anilines is 1. The monoisotopic (exact) mass is 414 g/mol. The minimum atomic E-state index is -0.532. The van der Waals surface area contributed by atoms with Gasteiger partial charge in [-0.15, -0.1) is 0 Å². The molecule has 0 aromatic heterocycles. The number of nitrogens with zero attached hydrogens (tertiary/aromatic N) is 1. The van der Waals surface area contributed by atoms with Gasteiger partial charge in [0.25, 0.3) is 0 Å². The van der Waals surface area contributed by atoms with Crippen molar-refractivity contribution < 1.29 is 14.3 Å². The third-order valence-corrected chi connectivity index (χ3v) is 6.65. The summed E-state index contributed by atoms with van der Waals surface area (Å²) in [5.41, 5.74) is 3.88. The Morgan fingerprint density at radius 3 is 2.65 bits per heavy atom. The molecule has 0 saturated carbocycles. The van der Waals surface area contributed by atoms with E-state index in [0.717, 1.165) is 43.6 Å². The number of carbonyl (C=O) groups excluding carboxylic acids is 2. The standard InChI is InChI=1S/C26H26N2O3/c1-18(29)31-17-28-24-10-9-19(15-21-7-4-6-20-5-2-3-8-22(20)21)16-23(24)26(25(28)30)11-13-27-14-12-26/h2-10,16,27H,11-15,17H2,1H3. The summed E-state index contributed by atoms with van der Waals surface area (Å²) in [6, 6.07) is 21.2. The molecule has 0 bridgehead atoms. The fourth-order valence-electron chi connectivity index (χ4n) is 5.08. The van der Waals surface area contributed by atoms with Crippen molar-refractivity contribution in [2.75, 3.05) is 24.7 Å². The summed E-state index contributed by atoms with van der Waals surface area (Å²) in [4.78, 5) is 26.5. The summed E-state index contributed by atoms with van der Waals surface area (Å²) < 4.78 is 5.21. The highest BCUT2D eigenvalue weighted by atomic mass is 16.5. The van der Waals surface area contributed by atoms with Crippen LogP contribution in [0.3, 0.4) is 0 Å². The van der Waals surface area contributed by atoms with Crippen molar-refractivity contribution in [1.29, 1.82) is 0 Å². The van der Waals surface area contributed by atoms with E-state index in [1.807, 2.05) is 6.07 Å². The van der Waals surface area contributed by atoms with Crippen molar-refractivity contribution >= 4 is 28.3 Å². The van der Waals surface area contributed by atoms with Gasteiger partial charge < -0.3 is 10.1 Å². The zero-order valence-corrected chi connectivity index (χ0v) is 17.7. The van der Waals surface area contributed by atoms with E-state index < -0.39 is 5.41 Å². The maximum absolute atomic E-state index is 13.5. The smallest absolute Gasteiger partial charge is 0.304 e. The molecule has 2 heterocycles. The van der Waals surface area contributed by atoms with E-state index in [2.05, 4.69) is 59.9 Å². The van der Waals surface area contributed by atoms with Crippen molar-refractivity contribution in [3.05, 3.63) is 77.4 Å². The van der Waals surface area contributed by atoms with Gasteiger partial charge in [-0.1, -0.05) is 54.6 Å². The first kappa shape index (κ1) is 19.8. The molecule has 1 fully saturated rings. The molecule has 0 radical (unpaired) electrons. The average molecular weight is 415 g/mol. The Bertz CT molecular complexity index is 1160. The van der Waals surface area contributed by atoms with Crippen LogP contribution in [0.2, 0.25) is 0 Å². The number of piperidine rings is 1. The van der Waals surface area contributed by atoms with Gasteiger partial charge in [0.1, 0.15) is 0 Å². The first-order valence-electron chi connectivity index (χ1n) is 10.8. The van der Waals surface area contributed by atoms with E-state index >= 15 is 0 Å². The second-order valence-corrected chi connectivity index (χ2v) is 8.50. The number of rotatable bonds is 4. The predicted octanol–water partition coefficient (Wildman–Crippen LogP) is 3.92. The molecule has 2 aliphatic heterocycles. The van der Waals surface area contributed by atoms with Crippen LogP contribution in [-0.4, -0.2) is 31.7 Å². The molecule has 0 aliphatic carbocycles. The Kier molecular flexibility index (Phi) is 4.98. The van der Waals surface area contributed by atoms with Gasteiger partial charge in [0.2, 0.25) is 5.91 Å². The molecular formula is C26H26N2O3. The fraction of sp³-hybridized carbons (Fsp3) is 0.308. The quantitative estimate of drug-likeness (QED) is 0.658. The summed E-state index contributed by atoms with van der Waals surface area (Å²) in [6.07, 6.45) is 2.32. The van der Waals surface area contributed by atoms with E-state index in [-0.39, 0.29) is 18.6 Å². The molecule has 0 unspecified atom stereocenters. The molecule has 0 atom stereocenters. The van der Waals surface area contributed by atoms with Crippen LogP contribution in [0.15, 0.2) is 60.7 Å². The van der Waals surface area contributed by atoms with Crippen molar-refractivity contribution in [2.24, 2.45) is 0 Å². The van der Waals surface area contributed by atoms with Gasteiger partial charge in [0, 0.05) is 6.92 Å². The molecule has 3 aromatic rings. The summed E-state index contributed by atoms with van der Waals surface area (Å²) in [6.45, 7) is 2.95. The van der Waals surface area contributed by atoms with Crippen LogP contribution in [-0.2, 0) is 26.2 Å². The lowest BCUT2D eigenvalue weighted by Crippen LogP contribution is -2.47. The summed E-state index contributed by atoms with van der Waals surface area (Å²) in [7, 11) is 0. The molecule has 3 aromatic carbocycles. The van der Waals surface area contributed by atoms with E-state index in [0.29, 0.717) is 0 Å². The third-order valence-electron chi connectivity index (χ3n) is 6.65. The number of hydrogen-bond donors (Lipinski definition) is 1. The van der Waals surface area contributed by atoms with Crippen molar-refractivity contribution in [2.45, 2.75) is 31.6 Å². The van der Waals surface area contributed by atoms with Gasteiger partial charge in [0.05, 0.1) is 11.1 Å². The molecule has 1 spiro atoms. The molecule has 5 heteroatoms. The lowest BCUT2D eigenvalue weighted by Gasteiger charge is -2.33. The Morgan fingerprint density at radius 1 is 1.06 bits per heavy atom. The number of carbonyl (C=O) groups is 2. The highest BCUT2D eigenvalue weighted by molar-refractivity contribution is 6.08. The SMILES string of the molecule is CC(=O)OCN1C(=O)C2(CCNCC2)c2cc(Cc3cccc4ccccc34)ccc21. The molecule has 5 nitrogen and oxygen atoms in total. The van der Waals surface area contributed by atoms with E-state index in [1.165, 1.54) is 28.8 Å². The Labute approximate surface area is 182 Å². The van der Waals surface area contributed by atoms with Crippen LogP contribution in [0, 0.1) is 0 Å². The zero-order valence-electron chi connectivity index (χ0n) is 17.7. The minimum absolute atomic E-state index is 0.0288. The Morgan fingerprint density at radius 2 is 1.84 bits per heavy atom. The van der Waals surface area contributed by atoms with Crippen LogP contribution in [0.5, 0.6) is 0 Å².